The van der Waals surface area contributed by atoms with Crippen LogP contribution in [0.2, 0.25) is 16.6 Å². The zero-order valence-corrected chi connectivity index (χ0v) is 12.6. The summed E-state index contributed by atoms with van der Waals surface area (Å²) in [6.07, 6.45) is 0. The van der Waals surface area contributed by atoms with Crippen LogP contribution < -0.4 is 4.50 Å². The van der Waals surface area contributed by atoms with E-state index in [-0.39, 0.29) is 0 Å². The molecule has 0 N–H and O–H groups in total. The minimum absolute atomic E-state index is 0.810. The standard InChI is InChI=1S/C13H23SSi/c1-10(2)15(11(3)4,12(5)6)13-8-7-9-14-13/h7-8,10-12H,1-6H3. The first-order valence-electron chi connectivity index (χ1n) is 5.90. The van der Waals surface area contributed by atoms with E-state index in [1.54, 1.807) is 4.50 Å². The second-order valence-electron chi connectivity index (χ2n) is 5.31. The average molecular weight is 239 g/mol. The van der Waals surface area contributed by atoms with Gasteiger partial charge in [-0.2, -0.15) is 0 Å². The molecule has 0 saturated heterocycles. The minimum atomic E-state index is -1.36. The van der Waals surface area contributed by atoms with Crippen LogP contribution in [0.4, 0.5) is 0 Å². The van der Waals surface area contributed by atoms with Crippen molar-refractivity contribution in [1.82, 2.24) is 0 Å². The largest absolute Gasteiger partial charge is 0.144 e. The summed E-state index contributed by atoms with van der Waals surface area (Å²) in [7, 11) is -1.36. The Bertz CT molecular complexity index is 264. The van der Waals surface area contributed by atoms with E-state index in [2.05, 4.69) is 59.1 Å². The fraction of sp³-hybridized carbons (Fsp3) is 0.692. The maximum atomic E-state index is 3.28. The number of rotatable bonds is 4. The molecule has 1 radical (unpaired) electrons. The monoisotopic (exact) mass is 239 g/mol. The van der Waals surface area contributed by atoms with Gasteiger partial charge < -0.3 is 0 Å². The molecule has 85 valence electrons. The first-order chi connectivity index (χ1) is 6.94. The molecule has 0 atom stereocenters. The molecule has 1 aromatic heterocycles. The summed E-state index contributed by atoms with van der Waals surface area (Å²) in [6, 6.07) is 4.41. The molecule has 0 spiro atoms. The van der Waals surface area contributed by atoms with Gasteiger partial charge in [-0.15, -0.1) is 11.3 Å². The normalized spacial score (nSPS) is 13.1. The second-order valence-corrected chi connectivity index (χ2v) is 12.4. The molecule has 0 aromatic carbocycles. The molecule has 0 nitrogen and oxygen atoms in total. The van der Waals surface area contributed by atoms with Crippen molar-refractivity contribution in [3.63, 3.8) is 0 Å². The highest BCUT2D eigenvalue weighted by Crippen LogP contribution is 2.41. The lowest BCUT2D eigenvalue weighted by Crippen LogP contribution is -2.54. The van der Waals surface area contributed by atoms with E-state index < -0.39 is 8.07 Å². The van der Waals surface area contributed by atoms with E-state index in [0.29, 0.717) is 0 Å². The second kappa shape index (κ2) is 4.83. The molecule has 2 heteroatoms. The van der Waals surface area contributed by atoms with Crippen molar-refractivity contribution >= 4 is 23.9 Å². The van der Waals surface area contributed by atoms with E-state index in [9.17, 15) is 0 Å². The fourth-order valence-electron chi connectivity index (χ4n) is 3.33. The number of hydrogen-bond donors (Lipinski definition) is 0. The number of hydrogen-bond acceptors (Lipinski definition) is 1. The van der Waals surface area contributed by atoms with Gasteiger partial charge in [0.2, 0.25) is 0 Å². The van der Waals surface area contributed by atoms with Crippen molar-refractivity contribution in [2.24, 2.45) is 0 Å². The first kappa shape index (κ1) is 13.0. The SMILES string of the molecule is CC(C)[Si](c1cc[c]s1)(C(C)C)C(C)C. The van der Waals surface area contributed by atoms with E-state index in [1.807, 2.05) is 11.3 Å². The molecule has 1 rings (SSSR count). The Balaban J connectivity index is 3.27. The Morgan fingerprint density at radius 1 is 1.00 bits per heavy atom. The Labute approximate surface area is 99.7 Å². The third-order valence-electron chi connectivity index (χ3n) is 3.76. The van der Waals surface area contributed by atoms with Crippen LogP contribution in [0.3, 0.4) is 0 Å². The van der Waals surface area contributed by atoms with Crippen molar-refractivity contribution in [3.05, 3.63) is 17.5 Å². The van der Waals surface area contributed by atoms with Crippen LogP contribution in [0.25, 0.3) is 0 Å². The van der Waals surface area contributed by atoms with Crippen LogP contribution >= 0.6 is 11.3 Å². The molecule has 0 bridgehead atoms. The van der Waals surface area contributed by atoms with Gasteiger partial charge in [0.1, 0.15) is 8.07 Å². The average Bonchev–Trinajstić information content (AvgIpc) is 2.55. The molecule has 0 aliphatic rings. The molecular weight excluding hydrogens is 216 g/mol. The molecule has 0 aliphatic carbocycles. The van der Waals surface area contributed by atoms with Gasteiger partial charge in [-0.3, -0.25) is 0 Å². The predicted molar refractivity (Wildman–Crippen MR) is 73.8 cm³/mol. The van der Waals surface area contributed by atoms with Gasteiger partial charge in [0.05, 0.1) is 0 Å². The highest BCUT2D eigenvalue weighted by molar-refractivity contribution is 7.26. The maximum Gasteiger partial charge on any atom is 0.107 e. The summed E-state index contributed by atoms with van der Waals surface area (Å²) in [5, 5.41) is 3.28. The van der Waals surface area contributed by atoms with Crippen molar-refractivity contribution in [2.75, 3.05) is 0 Å². The van der Waals surface area contributed by atoms with E-state index >= 15 is 0 Å². The summed E-state index contributed by atoms with van der Waals surface area (Å²) in [6.45, 7) is 14.5. The molecule has 0 unspecified atom stereocenters. The van der Waals surface area contributed by atoms with Crippen molar-refractivity contribution in [1.29, 1.82) is 0 Å². The third kappa shape index (κ3) is 2.07. The lowest BCUT2D eigenvalue weighted by atomic mass is 10.5. The Morgan fingerprint density at radius 2 is 1.47 bits per heavy atom. The van der Waals surface area contributed by atoms with Gasteiger partial charge in [-0.25, -0.2) is 0 Å². The molecule has 1 aromatic rings. The van der Waals surface area contributed by atoms with Gasteiger partial charge in [0.25, 0.3) is 0 Å². The van der Waals surface area contributed by atoms with Crippen molar-refractivity contribution < 1.29 is 0 Å². The van der Waals surface area contributed by atoms with Gasteiger partial charge in [0.15, 0.2) is 0 Å². The van der Waals surface area contributed by atoms with Gasteiger partial charge in [0, 0.05) is 5.38 Å². The summed E-state index contributed by atoms with van der Waals surface area (Å²) in [5.41, 5.74) is 2.43. The van der Waals surface area contributed by atoms with E-state index in [1.165, 1.54) is 0 Å². The zero-order valence-electron chi connectivity index (χ0n) is 10.8. The van der Waals surface area contributed by atoms with Crippen LogP contribution in [0.15, 0.2) is 12.1 Å². The molecule has 15 heavy (non-hydrogen) atoms. The zero-order chi connectivity index (χ0) is 11.6. The minimum Gasteiger partial charge on any atom is -0.144 e. The van der Waals surface area contributed by atoms with E-state index in [0.717, 1.165) is 16.6 Å². The van der Waals surface area contributed by atoms with Gasteiger partial charge in [-0.05, 0) is 27.2 Å². The molecule has 1 heterocycles. The van der Waals surface area contributed by atoms with Crippen LogP contribution in [0, 0.1) is 5.38 Å². The highest BCUT2D eigenvalue weighted by Gasteiger charge is 2.44. The summed E-state index contributed by atoms with van der Waals surface area (Å²) < 4.78 is 1.64. The first-order valence-corrected chi connectivity index (χ1v) is 8.95. The van der Waals surface area contributed by atoms with Gasteiger partial charge >= 0.3 is 0 Å². The van der Waals surface area contributed by atoms with Crippen LogP contribution in [-0.4, -0.2) is 8.07 Å². The topological polar surface area (TPSA) is 0 Å². The van der Waals surface area contributed by atoms with Crippen molar-refractivity contribution in [3.8, 4) is 0 Å². The van der Waals surface area contributed by atoms with Crippen LogP contribution in [0.5, 0.6) is 0 Å². The Kier molecular flexibility index (Phi) is 4.18. The lowest BCUT2D eigenvalue weighted by molar-refractivity contribution is 0.837. The molecule has 0 aliphatic heterocycles. The predicted octanol–water partition coefficient (Wildman–Crippen LogP) is 4.43. The molecular formula is C13H23SSi. The summed E-state index contributed by atoms with van der Waals surface area (Å²) in [5.74, 6) is 0. The maximum absolute atomic E-state index is 3.28. The smallest absolute Gasteiger partial charge is 0.107 e. The Hall–Kier alpha value is -0.0831. The summed E-state index contributed by atoms with van der Waals surface area (Å²) >= 11 is 1.85. The molecule has 0 fully saturated rings. The quantitative estimate of drug-likeness (QED) is 0.682. The summed E-state index contributed by atoms with van der Waals surface area (Å²) in [4.78, 5) is 0. The van der Waals surface area contributed by atoms with Crippen molar-refractivity contribution in [2.45, 2.75) is 58.2 Å². The van der Waals surface area contributed by atoms with Gasteiger partial charge in [-0.1, -0.05) is 47.6 Å². The molecule has 0 saturated carbocycles. The Morgan fingerprint density at radius 3 is 1.73 bits per heavy atom. The highest BCUT2D eigenvalue weighted by atomic mass is 32.1. The lowest BCUT2D eigenvalue weighted by Gasteiger charge is -2.42. The van der Waals surface area contributed by atoms with E-state index in [4.69, 9.17) is 0 Å². The van der Waals surface area contributed by atoms with Crippen LogP contribution in [0.1, 0.15) is 41.5 Å². The molecule has 0 amide bonds. The third-order valence-corrected chi connectivity index (χ3v) is 12.5. The van der Waals surface area contributed by atoms with Crippen LogP contribution in [-0.2, 0) is 0 Å². The number of thiophene rings is 1. The fourth-order valence-corrected chi connectivity index (χ4v) is 12.8.